The zero-order chi connectivity index (χ0) is 11.7. The van der Waals surface area contributed by atoms with E-state index in [9.17, 15) is 4.79 Å². The molecule has 3 fully saturated rings. The second kappa shape index (κ2) is 4.97. The normalized spacial score (nSPS) is 37.9. The zero-order valence-electron chi connectivity index (χ0n) is 10.6. The monoisotopic (exact) mass is 237 g/mol. The number of fused-ring (bicyclic) bond motifs is 3. The van der Waals surface area contributed by atoms with Gasteiger partial charge in [-0.1, -0.05) is 6.42 Å². The molecule has 1 saturated carbocycles. The summed E-state index contributed by atoms with van der Waals surface area (Å²) < 4.78 is 5.54. The van der Waals surface area contributed by atoms with Gasteiger partial charge in [0.1, 0.15) is 6.10 Å². The minimum atomic E-state index is -0.117. The third-order valence-corrected chi connectivity index (χ3v) is 4.68. The number of hydrogen-bond donors (Lipinski definition) is 0. The molecule has 0 aromatic rings. The molecule has 0 radical (unpaired) electrons. The van der Waals surface area contributed by atoms with Gasteiger partial charge in [-0.15, -0.1) is 0 Å². The Bertz CT molecular complexity index is 272. The van der Waals surface area contributed by atoms with E-state index in [4.69, 9.17) is 4.74 Å². The van der Waals surface area contributed by atoms with E-state index in [2.05, 4.69) is 4.90 Å². The Hall–Kier alpha value is -0.570. The molecule has 1 aliphatic carbocycles. The predicted octanol–water partition coefficient (Wildman–Crippen LogP) is 2.20. The van der Waals surface area contributed by atoms with E-state index in [-0.39, 0.29) is 12.0 Å². The summed E-state index contributed by atoms with van der Waals surface area (Å²) in [5.41, 5.74) is 0. The quantitative estimate of drug-likeness (QED) is 0.699. The maximum atomic E-state index is 12.4. The summed E-state index contributed by atoms with van der Waals surface area (Å²) in [4.78, 5) is 14.5. The van der Waals surface area contributed by atoms with Gasteiger partial charge in [-0.05, 0) is 50.4 Å². The highest BCUT2D eigenvalue weighted by molar-refractivity contribution is 5.81. The Balaban J connectivity index is 1.67. The van der Waals surface area contributed by atoms with Gasteiger partial charge >= 0.3 is 0 Å². The number of hydrogen-bond acceptors (Lipinski definition) is 2. The minimum absolute atomic E-state index is 0.117. The van der Waals surface area contributed by atoms with Crippen LogP contribution in [-0.4, -0.2) is 36.6 Å². The molecule has 96 valence electrons. The maximum Gasteiger partial charge on any atom is 0.251 e. The van der Waals surface area contributed by atoms with Gasteiger partial charge in [0.25, 0.3) is 5.91 Å². The summed E-state index contributed by atoms with van der Waals surface area (Å²) in [6.07, 6.45) is 8.56. The third-order valence-electron chi connectivity index (χ3n) is 4.68. The molecule has 2 saturated heterocycles. The maximum absolute atomic E-state index is 12.4. The fraction of sp³-hybridized carbons (Fsp3) is 0.929. The molecule has 1 amide bonds. The van der Waals surface area contributed by atoms with Gasteiger partial charge < -0.3 is 9.64 Å². The lowest BCUT2D eigenvalue weighted by atomic mass is 9.99. The largest absolute Gasteiger partial charge is 0.368 e. The van der Waals surface area contributed by atoms with Gasteiger partial charge in [0.2, 0.25) is 0 Å². The van der Waals surface area contributed by atoms with E-state index in [0.29, 0.717) is 0 Å². The number of rotatable bonds is 1. The van der Waals surface area contributed by atoms with Crippen LogP contribution in [0.25, 0.3) is 0 Å². The van der Waals surface area contributed by atoms with Gasteiger partial charge in [-0.3, -0.25) is 4.79 Å². The van der Waals surface area contributed by atoms with Crippen LogP contribution in [0.5, 0.6) is 0 Å². The number of likely N-dealkylation sites (tertiary alicyclic amines) is 1. The molecule has 3 heteroatoms. The molecule has 2 bridgehead atoms. The highest BCUT2D eigenvalue weighted by atomic mass is 16.5. The van der Waals surface area contributed by atoms with Crippen LogP contribution < -0.4 is 0 Å². The Morgan fingerprint density at radius 1 is 0.941 bits per heavy atom. The van der Waals surface area contributed by atoms with Crippen molar-refractivity contribution in [1.82, 2.24) is 4.90 Å². The molecule has 3 aliphatic rings. The first kappa shape index (κ1) is 11.5. The topological polar surface area (TPSA) is 29.5 Å². The molecule has 0 aromatic heterocycles. The fourth-order valence-corrected chi connectivity index (χ4v) is 3.67. The van der Waals surface area contributed by atoms with Crippen LogP contribution in [0.1, 0.15) is 44.9 Å². The third kappa shape index (κ3) is 2.49. The number of carbonyl (C=O) groups excluding carboxylic acids is 1. The highest BCUT2D eigenvalue weighted by Crippen LogP contribution is 2.33. The van der Waals surface area contributed by atoms with Crippen LogP contribution in [0.2, 0.25) is 0 Å². The van der Waals surface area contributed by atoms with E-state index in [1.807, 2.05) is 0 Å². The van der Waals surface area contributed by atoms with Crippen molar-refractivity contribution in [3.8, 4) is 0 Å². The summed E-state index contributed by atoms with van der Waals surface area (Å²) in [7, 11) is 0. The Kier molecular flexibility index (Phi) is 3.37. The Morgan fingerprint density at radius 2 is 1.65 bits per heavy atom. The van der Waals surface area contributed by atoms with Gasteiger partial charge in [-0.25, -0.2) is 0 Å². The van der Waals surface area contributed by atoms with E-state index in [0.717, 1.165) is 44.4 Å². The van der Waals surface area contributed by atoms with Gasteiger partial charge in [-0.2, -0.15) is 0 Å². The van der Waals surface area contributed by atoms with Crippen molar-refractivity contribution in [3.05, 3.63) is 0 Å². The van der Waals surface area contributed by atoms with Crippen LogP contribution in [0.15, 0.2) is 0 Å². The molecule has 2 heterocycles. The van der Waals surface area contributed by atoms with Crippen LogP contribution in [0, 0.1) is 11.8 Å². The first-order valence-corrected chi connectivity index (χ1v) is 7.23. The second-order valence-electron chi connectivity index (χ2n) is 5.99. The molecule has 3 rings (SSSR count). The molecular weight excluding hydrogens is 214 g/mol. The summed E-state index contributed by atoms with van der Waals surface area (Å²) in [6, 6.07) is 0. The van der Waals surface area contributed by atoms with Crippen LogP contribution >= 0.6 is 0 Å². The number of amides is 1. The number of carbonyl (C=O) groups is 1. The van der Waals surface area contributed by atoms with Gasteiger partial charge in [0.15, 0.2) is 0 Å². The Morgan fingerprint density at radius 3 is 2.24 bits per heavy atom. The molecule has 2 aliphatic heterocycles. The predicted molar refractivity (Wildman–Crippen MR) is 65.6 cm³/mol. The van der Waals surface area contributed by atoms with Crippen molar-refractivity contribution >= 4 is 5.91 Å². The van der Waals surface area contributed by atoms with Crippen LogP contribution in [0.4, 0.5) is 0 Å². The highest BCUT2D eigenvalue weighted by Gasteiger charge is 2.34. The van der Waals surface area contributed by atoms with E-state index < -0.39 is 0 Å². The summed E-state index contributed by atoms with van der Waals surface area (Å²) in [6.45, 7) is 2.77. The summed E-state index contributed by atoms with van der Waals surface area (Å²) in [5.74, 6) is 1.79. The molecule has 0 spiro atoms. The van der Waals surface area contributed by atoms with Crippen LogP contribution in [-0.2, 0) is 9.53 Å². The number of nitrogens with zero attached hydrogens (tertiary/aromatic N) is 1. The van der Waals surface area contributed by atoms with Crippen molar-refractivity contribution in [3.63, 3.8) is 0 Å². The van der Waals surface area contributed by atoms with Crippen molar-refractivity contribution in [2.24, 2.45) is 11.8 Å². The molecule has 3 atom stereocenters. The van der Waals surface area contributed by atoms with E-state index in [1.165, 1.54) is 32.1 Å². The van der Waals surface area contributed by atoms with Crippen molar-refractivity contribution < 1.29 is 9.53 Å². The average molecular weight is 237 g/mol. The molecule has 17 heavy (non-hydrogen) atoms. The van der Waals surface area contributed by atoms with Crippen LogP contribution in [0.3, 0.4) is 0 Å². The molecule has 3 nitrogen and oxygen atoms in total. The zero-order valence-corrected chi connectivity index (χ0v) is 10.6. The van der Waals surface area contributed by atoms with E-state index >= 15 is 0 Å². The lowest BCUT2D eigenvalue weighted by Gasteiger charge is -2.30. The molecule has 0 aromatic carbocycles. The molecule has 0 N–H and O–H groups in total. The lowest BCUT2D eigenvalue weighted by molar-refractivity contribution is -0.142. The molecule has 1 unspecified atom stereocenters. The number of ether oxygens (including phenoxy) is 1. The SMILES string of the molecule is O=C([C@H]1CCCO1)N1CC2CCC[C@@H](CC2)C1. The lowest BCUT2D eigenvalue weighted by Crippen LogP contribution is -2.43. The van der Waals surface area contributed by atoms with Gasteiger partial charge in [0, 0.05) is 19.7 Å². The second-order valence-corrected chi connectivity index (χ2v) is 5.99. The Labute approximate surface area is 104 Å². The van der Waals surface area contributed by atoms with Crippen molar-refractivity contribution in [2.45, 2.75) is 51.0 Å². The smallest absolute Gasteiger partial charge is 0.251 e. The summed E-state index contributed by atoms with van der Waals surface area (Å²) >= 11 is 0. The minimum Gasteiger partial charge on any atom is -0.368 e. The molecular formula is C14H23NO2. The summed E-state index contributed by atoms with van der Waals surface area (Å²) in [5, 5.41) is 0. The first-order chi connectivity index (χ1) is 8.33. The standard InChI is InChI=1S/C14H23NO2/c16-14(13-5-2-8-17-13)15-9-11-3-1-4-12(10-15)7-6-11/h11-13H,1-10H2/t11-,12?,13+/m0/s1. The first-order valence-electron chi connectivity index (χ1n) is 7.23. The van der Waals surface area contributed by atoms with E-state index in [1.54, 1.807) is 0 Å². The van der Waals surface area contributed by atoms with Crippen molar-refractivity contribution in [1.29, 1.82) is 0 Å². The van der Waals surface area contributed by atoms with Gasteiger partial charge in [0.05, 0.1) is 0 Å². The fourth-order valence-electron chi connectivity index (χ4n) is 3.67. The average Bonchev–Trinajstić information content (AvgIpc) is 2.65. The van der Waals surface area contributed by atoms with Crippen molar-refractivity contribution in [2.75, 3.05) is 19.7 Å².